The van der Waals surface area contributed by atoms with Gasteiger partial charge in [-0.1, -0.05) is 0 Å². The first-order valence-corrected chi connectivity index (χ1v) is 6.63. The van der Waals surface area contributed by atoms with Gasteiger partial charge in [0.05, 0.1) is 11.9 Å². The number of nitrogen functional groups attached to an aromatic ring is 1. The van der Waals surface area contributed by atoms with E-state index >= 15 is 0 Å². The molecule has 0 aromatic carbocycles. The average molecular weight is 325 g/mol. The standard InChI is InChI=1S/C11H11N5O5S/c12-9(19)8(4-3-22-11(13)14-4)15-10(20)5-1-6(17)7(18)2-16(5)21/h1-3,8,18,21H,(H2,12,19)(H2,13,14)(H,15,20). The smallest absolute Gasteiger partial charge is 0.272 e. The normalized spacial score (nSPS) is 11.8. The molecule has 0 spiro atoms. The fourth-order valence-electron chi connectivity index (χ4n) is 1.61. The first-order valence-electron chi connectivity index (χ1n) is 5.75. The zero-order chi connectivity index (χ0) is 16.4. The van der Waals surface area contributed by atoms with Crippen LogP contribution in [0.1, 0.15) is 22.2 Å². The van der Waals surface area contributed by atoms with Crippen molar-refractivity contribution in [2.24, 2.45) is 5.73 Å². The molecule has 2 heterocycles. The van der Waals surface area contributed by atoms with Crippen LogP contribution in [-0.4, -0.2) is 31.8 Å². The average Bonchev–Trinajstić information content (AvgIpc) is 2.85. The van der Waals surface area contributed by atoms with E-state index in [0.29, 0.717) is 12.3 Å². The van der Waals surface area contributed by atoms with Gasteiger partial charge in [-0.2, -0.15) is 4.73 Å². The quantitative estimate of drug-likeness (QED) is 0.438. The van der Waals surface area contributed by atoms with Gasteiger partial charge in [-0.05, 0) is 0 Å². The Morgan fingerprint density at radius 3 is 2.68 bits per heavy atom. The van der Waals surface area contributed by atoms with E-state index in [2.05, 4.69) is 10.3 Å². The van der Waals surface area contributed by atoms with Gasteiger partial charge in [0.1, 0.15) is 5.69 Å². The molecule has 1 atom stereocenters. The number of carbonyl (C=O) groups is 2. The van der Waals surface area contributed by atoms with Gasteiger partial charge < -0.3 is 27.1 Å². The lowest BCUT2D eigenvalue weighted by Gasteiger charge is -2.14. The molecule has 2 amide bonds. The van der Waals surface area contributed by atoms with Crippen LogP contribution in [0.3, 0.4) is 0 Å². The van der Waals surface area contributed by atoms with Crippen LogP contribution in [0, 0.1) is 0 Å². The van der Waals surface area contributed by atoms with Crippen molar-refractivity contribution in [3.05, 3.63) is 39.3 Å². The number of primary amides is 1. The number of rotatable bonds is 4. The number of amides is 2. The van der Waals surface area contributed by atoms with Crippen molar-refractivity contribution in [3.8, 4) is 5.75 Å². The van der Waals surface area contributed by atoms with Gasteiger partial charge in [-0.15, -0.1) is 11.3 Å². The minimum Gasteiger partial charge on any atom is -0.503 e. The van der Waals surface area contributed by atoms with E-state index < -0.39 is 34.7 Å². The molecule has 0 radical (unpaired) electrons. The second-order valence-corrected chi connectivity index (χ2v) is 5.06. The molecule has 0 fully saturated rings. The number of pyridine rings is 1. The van der Waals surface area contributed by atoms with Gasteiger partial charge in [0.15, 0.2) is 16.9 Å². The fraction of sp³-hybridized carbons (Fsp3) is 0.0909. The highest BCUT2D eigenvalue weighted by molar-refractivity contribution is 7.13. The molecule has 11 heteroatoms. The Morgan fingerprint density at radius 2 is 2.14 bits per heavy atom. The molecule has 1 unspecified atom stereocenters. The number of thiazole rings is 1. The van der Waals surface area contributed by atoms with E-state index in [1.54, 1.807) is 0 Å². The lowest BCUT2D eigenvalue weighted by molar-refractivity contribution is -0.120. The Morgan fingerprint density at radius 1 is 1.45 bits per heavy atom. The molecule has 0 saturated carbocycles. The molecule has 0 saturated heterocycles. The molecule has 22 heavy (non-hydrogen) atoms. The Hall–Kier alpha value is -3.08. The summed E-state index contributed by atoms with van der Waals surface area (Å²) in [4.78, 5) is 38.6. The zero-order valence-electron chi connectivity index (χ0n) is 10.9. The number of hydrogen-bond acceptors (Lipinski definition) is 8. The van der Waals surface area contributed by atoms with E-state index in [9.17, 15) is 19.6 Å². The predicted octanol–water partition coefficient (Wildman–Crippen LogP) is -1.21. The monoisotopic (exact) mass is 325 g/mol. The number of nitrogens with two attached hydrogens (primary N) is 2. The highest BCUT2D eigenvalue weighted by atomic mass is 32.1. The Balaban J connectivity index is 2.31. The molecular weight excluding hydrogens is 314 g/mol. The topological polar surface area (TPSA) is 174 Å². The van der Waals surface area contributed by atoms with Crippen molar-refractivity contribution < 1.29 is 19.9 Å². The van der Waals surface area contributed by atoms with E-state index in [1.165, 1.54) is 5.38 Å². The van der Waals surface area contributed by atoms with Crippen molar-refractivity contribution in [3.63, 3.8) is 0 Å². The third-order valence-corrected chi connectivity index (χ3v) is 3.33. The Labute approximate surface area is 126 Å². The summed E-state index contributed by atoms with van der Waals surface area (Å²) in [7, 11) is 0. The number of anilines is 1. The maximum atomic E-state index is 12.0. The van der Waals surface area contributed by atoms with Crippen LogP contribution in [0.15, 0.2) is 22.4 Å². The summed E-state index contributed by atoms with van der Waals surface area (Å²) in [5.41, 5.74) is 9.42. The van der Waals surface area contributed by atoms with Crippen molar-refractivity contribution in [1.82, 2.24) is 15.0 Å². The van der Waals surface area contributed by atoms with Crippen molar-refractivity contribution in [2.75, 3.05) is 5.73 Å². The van der Waals surface area contributed by atoms with Gasteiger partial charge >= 0.3 is 0 Å². The molecule has 7 N–H and O–H groups in total. The maximum Gasteiger partial charge on any atom is 0.272 e. The summed E-state index contributed by atoms with van der Waals surface area (Å²) >= 11 is 1.05. The van der Waals surface area contributed by atoms with Crippen LogP contribution >= 0.6 is 11.3 Å². The Bertz CT molecular complexity index is 798. The number of aromatic hydroxyl groups is 1. The molecule has 2 aromatic rings. The molecular formula is C11H11N5O5S. The highest BCUT2D eigenvalue weighted by Gasteiger charge is 2.25. The van der Waals surface area contributed by atoms with E-state index in [1.807, 2.05) is 0 Å². The highest BCUT2D eigenvalue weighted by Crippen LogP contribution is 2.18. The molecule has 0 aliphatic heterocycles. The molecule has 0 aliphatic carbocycles. The van der Waals surface area contributed by atoms with Gasteiger partial charge in [0, 0.05) is 11.4 Å². The van der Waals surface area contributed by atoms with Crippen LogP contribution in [0.4, 0.5) is 5.13 Å². The summed E-state index contributed by atoms with van der Waals surface area (Å²) < 4.78 is 0.250. The number of carbonyl (C=O) groups excluding carboxylic acids is 2. The van der Waals surface area contributed by atoms with Crippen LogP contribution < -0.4 is 22.2 Å². The number of nitrogens with one attached hydrogen (secondary N) is 1. The van der Waals surface area contributed by atoms with Crippen LogP contribution in [0.2, 0.25) is 0 Å². The fourth-order valence-corrected chi connectivity index (χ4v) is 2.20. The summed E-state index contributed by atoms with van der Waals surface area (Å²) in [5.74, 6) is -2.60. The summed E-state index contributed by atoms with van der Waals surface area (Å²) in [6, 6.07) is -0.581. The molecule has 10 nitrogen and oxygen atoms in total. The summed E-state index contributed by atoms with van der Waals surface area (Å²) in [6.45, 7) is 0. The summed E-state index contributed by atoms with van der Waals surface area (Å²) in [5, 5.41) is 22.5. The van der Waals surface area contributed by atoms with Crippen LogP contribution in [0.25, 0.3) is 0 Å². The molecule has 0 aliphatic rings. The molecule has 116 valence electrons. The second kappa shape index (κ2) is 5.73. The third kappa shape index (κ3) is 2.98. The second-order valence-electron chi connectivity index (χ2n) is 4.17. The summed E-state index contributed by atoms with van der Waals surface area (Å²) in [6.07, 6.45) is 0.650. The van der Waals surface area contributed by atoms with Crippen LogP contribution in [0.5, 0.6) is 5.75 Å². The third-order valence-electron chi connectivity index (χ3n) is 2.64. The maximum absolute atomic E-state index is 12.0. The predicted molar refractivity (Wildman–Crippen MR) is 75.5 cm³/mol. The lowest BCUT2D eigenvalue weighted by atomic mass is 10.2. The van der Waals surface area contributed by atoms with Crippen LogP contribution in [-0.2, 0) is 4.79 Å². The van der Waals surface area contributed by atoms with Crippen molar-refractivity contribution in [1.29, 1.82) is 0 Å². The Kier molecular flexibility index (Phi) is 3.99. The van der Waals surface area contributed by atoms with E-state index in [4.69, 9.17) is 16.6 Å². The minimum absolute atomic E-state index is 0.133. The minimum atomic E-state index is -1.29. The van der Waals surface area contributed by atoms with Crippen molar-refractivity contribution in [2.45, 2.75) is 6.04 Å². The van der Waals surface area contributed by atoms with Gasteiger partial charge in [0.2, 0.25) is 11.3 Å². The SMILES string of the molecule is NC(=O)C(NC(=O)c1cc(=O)c(O)cn1O)c1csc(N)n1. The molecule has 2 aromatic heterocycles. The molecule has 2 rings (SSSR count). The number of nitrogens with zero attached hydrogens (tertiary/aromatic N) is 2. The van der Waals surface area contributed by atoms with Crippen molar-refractivity contribution >= 4 is 28.3 Å². The molecule has 0 bridgehead atoms. The lowest BCUT2D eigenvalue weighted by Crippen LogP contribution is -2.39. The van der Waals surface area contributed by atoms with E-state index in [-0.39, 0.29) is 15.6 Å². The van der Waals surface area contributed by atoms with E-state index in [0.717, 1.165) is 11.3 Å². The number of hydrogen-bond donors (Lipinski definition) is 5. The first-order chi connectivity index (χ1) is 10.3. The van der Waals surface area contributed by atoms with Gasteiger partial charge in [-0.3, -0.25) is 14.4 Å². The number of aromatic nitrogens is 2. The largest absolute Gasteiger partial charge is 0.503 e. The van der Waals surface area contributed by atoms with Gasteiger partial charge in [-0.25, -0.2) is 4.98 Å². The zero-order valence-corrected chi connectivity index (χ0v) is 11.7. The first kappa shape index (κ1) is 15.3. The van der Waals surface area contributed by atoms with Gasteiger partial charge in [0.25, 0.3) is 5.91 Å².